The number of rotatable bonds is 5. The van der Waals surface area contributed by atoms with Crippen molar-refractivity contribution in [1.82, 2.24) is 4.98 Å². The van der Waals surface area contributed by atoms with Crippen molar-refractivity contribution in [2.45, 2.75) is 45.4 Å². The third-order valence-electron chi connectivity index (χ3n) is 2.34. The average Bonchev–Trinajstić information content (AvgIpc) is 2.56. The first-order valence-electron chi connectivity index (χ1n) is 5.01. The number of aromatic amines is 1. The highest BCUT2D eigenvalue weighted by Gasteiger charge is 2.09. The van der Waals surface area contributed by atoms with E-state index in [9.17, 15) is 0 Å². The minimum Gasteiger partial charge on any atom is -0.365 e. The molecule has 1 heterocycles. The maximum atomic E-state index is 3.31. The van der Waals surface area contributed by atoms with E-state index in [4.69, 9.17) is 0 Å². The molecule has 1 aromatic heterocycles. The minimum atomic E-state index is 0.759. The summed E-state index contributed by atoms with van der Waals surface area (Å²) >= 11 is 0. The van der Waals surface area contributed by atoms with Crippen molar-refractivity contribution in [2.75, 3.05) is 0 Å². The van der Waals surface area contributed by atoms with E-state index in [1.807, 2.05) is 6.20 Å². The van der Waals surface area contributed by atoms with Crippen molar-refractivity contribution >= 4 is 0 Å². The molecular formula is C11H19N. The van der Waals surface area contributed by atoms with Crippen molar-refractivity contribution in [2.24, 2.45) is 0 Å². The van der Waals surface area contributed by atoms with Crippen LogP contribution in [0.15, 0.2) is 18.3 Å². The van der Waals surface area contributed by atoms with Crippen molar-refractivity contribution in [3.8, 4) is 0 Å². The molecule has 0 saturated carbocycles. The maximum absolute atomic E-state index is 3.31. The van der Waals surface area contributed by atoms with E-state index in [1.54, 1.807) is 0 Å². The van der Waals surface area contributed by atoms with E-state index < -0.39 is 0 Å². The van der Waals surface area contributed by atoms with Gasteiger partial charge in [-0.2, -0.15) is 0 Å². The predicted octanol–water partition coefficient (Wildman–Crippen LogP) is 3.70. The lowest BCUT2D eigenvalue weighted by Gasteiger charge is -2.12. The zero-order chi connectivity index (χ0) is 8.81. The molecule has 0 aliphatic carbocycles. The van der Waals surface area contributed by atoms with Crippen LogP contribution in [0.1, 0.15) is 51.1 Å². The van der Waals surface area contributed by atoms with Crippen LogP contribution in [0.4, 0.5) is 0 Å². The fourth-order valence-electron chi connectivity index (χ4n) is 1.75. The van der Waals surface area contributed by atoms with Gasteiger partial charge >= 0.3 is 0 Å². The molecule has 12 heavy (non-hydrogen) atoms. The van der Waals surface area contributed by atoms with E-state index in [-0.39, 0.29) is 0 Å². The smallest absolute Gasteiger partial charge is 0.0178 e. The van der Waals surface area contributed by atoms with Crippen LogP contribution in [0.2, 0.25) is 0 Å². The van der Waals surface area contributed by atoms with Gasteiger partial charge in [-0.15, -0.1) is 0 Å². The van der Waals surface area contributed by atoms with Crippen molar-refractivity contribution in [1.29, 1.82) is 0 Å². The summed E-state index contributed by atoms with van der Waals surface area (Å²) in [6, 6.07) is 4.30. The number of nitrogens with one attached hydrogen (secondary N) is 1. The third-order valence-corrected chi connectivity index (χ3v) is 2.34. The van der Waals surface area contributed by atoms with Crippen molar-refractivity contribution in [3.63, 3.8) is 0 Å². The highest BCUT2D eigenvalue weighted by atomic mass is 14.7. The molecule has 1 nitrogen and oxygen atoms in total. The molecule has 0 fully saturated rings. The Morgan fingerprint density at radius 2 is 1.92 bits per heavy atom. The van der Waals surface area contributed by atoms with Gasteiger partial charge in [-0.3, -0.25) is 0 Å². The van der Waals surface area contributed by atoms with Gasteiger partial charge in [0.05, 0.1) is 0 Å². The standard InChI is InChI=1S/C11H19N/c1-3-6-10(7-4-2)11-8-5-9-12-11/h5,8-10,12H,3-4,6-7H2,1-2H3. The first-order chi connectivity index (χ1) is 5.88. The molecule has 0 aromatic carbocycles. The fraction of sp³-hybridized carbons (Fsp3) is 0.636. The van der Waals surface area contributed by atoms with Crippen LogP contribution >= 0.6 is 0 Å². The number of H-pyrrole nitrogens is 1. The number of aromatic nitrogens is 1. The third kappa shape index (κ3) is 2.40. The van der Waals surface area contributed by atoms with E-state index >= 15 is 0 Å². The van der Waals surface area contributed by atoms with E-state index in [1.165, 1.54) is 31.4 Å². The molecular weight excluding hydrogens is 146 g/mol. The lowest BCUT2D eigenvalue weighted by molar-refractivity contribution is 0.550. The average molecular weight is 165 g/mol. The summed E-state index contributed by atoms with van der Waals surface area (Å²) in [6.07, 6.45) is 7.21. The fourth-order valence-corrected chi connectivity index (χ4v) is 1.75. The molecule has 0 unspecified atom stereocenters. The molecule has 0 atom stereocenters. The summed E-state index contributed by atoms with van der Waals surface area (Å²) in [5.41, 5.74) is 1.42. The zero-order valence-corrected chi connectivity index (χ0v) is 8.14. The molecule has 0 saturated heterocycles. The van der Waals surface area contributed by atoms with Crippen LogP contribution in [0.5, 0.6) is 0 Å². The van der Waals surface area contributed by atoms with E-state index in [0.29, 0.717) is 0 Å². The lowest BCUT2D eigenvalue weighted by Crippen LogP contribution is -1.97. The summed E-state index contributed by atoms with van der Waals surface area (Å²) in [6.45, 7) is 4.51. The molecule has 0 bridgehead atoms. The van der Waals surface area contributed by atoms with Gasteiger partial charge in [-0.1, -0.05) is 26.7 Å². The summed E-state index contributed by atoms with van der Waals surface area (Å²) in [4.78, 5) is 3.31. The molecule has 0 aliphatic rings. The second-order valence-electron chi connectivity index (χ2n) is 3.40. The lowest BCUT2D eigenvalue weighted by atomic mass is 9.95. The Labute approximate surface area is 75.2 Å². The Kier molecular flexibility index (Phi) is 3.92. The van der Waals surface area contributed by atoms with Crippen LogP contribution < -0.4 is 0 Å². The SMILES string of the molecule is CCCC(CCC)c1ccc[nH]1. The zero-order valence-electron chi connectivity index (χ0n) is 8.14. The molecule has 1 aromatic rings. The Morgan fingerprint density at radius 3 is 2.33 bits per heavy atom. The Balaban J connectivity index is 2.53. The first kappa shape index (κ1) is 9.37. The topological polar surface area (TPSA) is 15.8 Å². The number of hydrogen-bond donors (Lipinski definition) is 1. The number of hydrogen-bond acceptors (Lipinski definition) is 0. The second kappa shape index (κ2) is 5.02. The summed E-state index contributed by atoms with van der Waals surface area (Å²) in [7, 11) is 0. The Hall–Kier alpha value is -0.720. The molecule has 1 heteroatoms. The predicted molar refractivity (Wildman–Crippen MR) is 53.3 cm³/mol. The van der Waals surface area contributed by atoms with Gasteiger partial charge in [0, 0.05) is 11.9 Å². The van der Waals surface area contributed by atoms with Gasteiger partial charge in [0.1, 0.15) is 0 Å². The van der Waals surface area contributed by atoms with Crippen LogP contribution in [-0.4, -0.2) is 4.98 Å². The molecule has 1 rings (SSSR count). The van der Waals surface area contributed by atoms with Crippen LogP contribution in [-0.2, 0) is 0 Å². The van der Waals surface area contributed by atoms with Gasteiger partial charge < -0.3 is 4.98 Å². The van der Waals surface area contributed by atoms with E-state index in [0.717, 1.165) is 5.92 Å². The molecule has 0 radical (unpaired) electrons. The summed E-state index contributed by atoms with van der Waals surface area (Å²) in [5.74, 6) is 0.759. The first-order valence-corrected chi connectivity index (χ1v) is 5.01. The largest absolute Gasteiger partial charge is 0.365 e. The van der Waals surface area contributed by atoms with Crippen LogP contribution in [0, 0.1) is 0 Å². The van der Waals surface area contributed by atoms with Crippen LogP contribution in [0.3, 0.4) is 0 Å². The maximum Gasteiger partial charge on any atom is 0.0178 e. The molecule has 1 N–H and O–H groups in total. The molecule has 68 valence electrons. The highest BCUT2D eigenvalue weighted by Crippen LogP contribution is 2.24. The monoisotopic (exact) mass is 165 g/mol. The minimum absolute atomic E-state index is 0.759. The summed E-state index contributed by atoms with van der Waals surface area (Å²) in [5, 5.41) is 0. The normalized spacial score (nSPS) is 10.9. The van der Waals surface area contributed by atoms with Gasteiger partial charge in [0.2, 0.25) is 0 Å². The molecule has 0 spiro atoms. The van der Waals surface area contributed by atoms with Gasteiger partial charge in [0.15, 0.2) is 0 Å². The molecule has 0 aliphatic heterocycles. The second-order valence-corrected chi connectivity index (χ2v) is 3.40. The van der Waals surface area contributed by atoms with Crippen LogP contribution in [0.25, 0.3) is 0 Å². The van der Waals surface area contributed by atoms with Gasteiger partial charge in [0.25, 0.3) is 0 Å². The van der Waals surface area contributed by atoms with Gasteiger partial charge in [-0.05, 0) is 30.9 Å². The Bertz CT molecular complexity index is 183. The Morgan fingerprint density at radius 1 is 1.25 bits per heavy atom. The van der Waals surface area contributed by atoms with E-state index in [2.05, 4.69) is 31.0 Å². The highest BCUT2D eigenvalue weighted by molar-refractivity contribution is 5.09. The van der Waals surface area contributed by atoms with Crippen molar-refractivity contribution in [3.05, 3.63) is 24.0 Å². The van der Waals surface area contributed by atoms with Gasteiger partial charge in [-0.25, -0.2) is 0 Å². The quantitative estimate of drug-likeness (QED) is 0.684. The summed E-state index contributed by atoms with van der Waals surface area (Å²) < 4.78 is 0. The molecule has 0 amide bonds. The van der Waals surface area contributed by atoms with Crippen molar-refractivity contribution < 1.29 is 0 Å².